The van der Waals surface area contributed by atoms with Crippen molar-refractivity contribution in [3.63, 3.8) is 0 Å². The topological polar surface area (TPSA) is 54.4 Å². The summed E-state index contributed by atoms with van der Waals surface area (Å²) in [6, 6.07) is 6.90. The Labute approximate surface area is 72.6 Å². The third-order valence-electron chi connectivity index (χ3n) is 1.49. The van der Waals surface area contributed by atoms with Crippen molar-refractivity contribution in [3.05, 3.63) is 35.4 Å². The molecule has 0 radical (unpaired) electrons. The first-order valence-corrected chi connectivity index (χ1v) is 4.89. The second-order valence-electron chi connectivity index (χ2n) is 2.47. The summed E-state index contributed by atoms with van der Waals surface area (Å²) in [6.45, 7) is -0.0521. The Morgan fingerprint density at radius 1 is 1.25 bits per heavy atom. The van der Waals surface area contributed by atoms with Gasteiger partial charge >= 0.3 is 0 Å². The molecular weight excluding hydrogens is 176 g/mol. The summed E-state index contributed by atoms with van der Waals surface area (Å²) in [5.74, 6) is 0.0448. The second-order valence-corrected chi connectivity index (χ2v) is 3.45. The molecule has 12 heavy (non-hydrogen) atoms. The molecule has 0 aromatic heterocycles. The highest BCUT2D eigenvalue weighted by Crippen LogP contribution is 2.05. The molecule has 1 aromatic carbocycles. The highest BCUT2D eigenvalue weighted by molar-refractivity contribution is 7.71. The Morgan fingerprint density at radius 3 is 2.50 bits per heavy atom. The van der Waals surface area contributed by atoms with E-state index in [1.807, 2.05) is 0 Å². The summed E-state index contributed by atoms with van der Waals surface area (Å²) >= 11 is 0. The first kappa shape index (κ1) is 9.22. The number of benzene rings is 1. The monoisotopic (exact) mass is 186 g/mol. The van der Waals surface area contributed by atoms with Crippen molar-refractivity contribution in [1.82, 2.24) is 0 Å². The minimum Gasteiger partial charge on any atom is -0.392 e. The highest BCUT2D eigenvalue weighted by Gasteiger charge is 1.95. The van der Waals surface area contributed by atoms with Crippen LogP contribution in [0.2, 0.25) is 0 Å². The van der Waals surface area contributed by atoms with Gasteiger partial charge in [0.05, 0.1) is 12.4 Å². The van der Waals surface area contributed by atoms with Gasteiger partial charge in [-0.15, -0.1) is 0 Å². The summed E-state index contributed by atoms with van der Waals surface area (Å²) in [6.07, 6.45) is 0. The summed E-state index contributed by atoms with van der Waals surface area (Å²) in [7, 11) is -2.38. The first-order valence-electron chi connectivity index (χ1n) is 3.53. The van der Waals surface area contributed by atoms with Crippen LogP contribution in [0.15, 0.2) is 24.3 Å². The number of rotatable bonds is 3. The molecule has 0 spiro atoms. The quantitative estimate of drug-likeness (QED) is 0.667. The predicted octanol–water partition coefficient (Wildman–Crippen LogP) is 0.290. The van der Waals surface area contributed by atoms with Crippen molar-refractivity contribution in [3.8, 4) is 0 Å². The lowest BCUT2D eigenvalue weighted by molar-refractivity contribution is 0.282. The zero-order valence-electron chi connectivity index (χ0n) is 6.43. The fourth-order valence-electron chi connectivity index (χ4n) is 0.975. The van der Waals surface area contributed by atoms with Gasteiger partial charge in [0.25, 0.3) is 0 Å². The van der Waals surface area contributed by atoms with Crippen molar-refractivity contribution in [1.29, 1.82) is 0 Å². The number of aliphatic hydroxyl groups is 1. The van der Waals surface area contributed by atoms with E-state index >= 15 is 0 Å². The van der Waals surface area contributed by atoms with E-state index in [-0.39, 0.29) is 12.4 Å². The Hall–Kier alpha value is -0.870. The minimum absolute atomic E-state index is 0.0448. The molecule has 0 unspecified atom stereocenters. The average molecular weight is 186 g/mol. The molecule has 0 heterocycles. The molecule has 0 aliphatic heterocycles. The van der Waals surface area contributed by atoms with Gasteiger partial charge in [-0.1, -0.05) is 24.3 Å². The summed E-state index contributed by atoms with van der Waals surface area (Å²) in [5.41, 5.74) is 1.46. The number of aliphatic hydroxyl groups excluding tert-OH is 1. The highest BCUT2D eigenvalue weighted by atomic mass is 32.2. The molecule has 0 saturated heterocycles. The molecular formula is C8H10O3S. The summed E-state index contributed by atoms with van der Waals surface area (Å²) < 4.78 is 20.7. The Balaban J connectivity index is 2.86. The van der Waals surface area contributed by atoms with E-state index in [1.54, 1.807) is 24.3 Å². The van der Waals surface area contributed by atoms with Crippen LogP contribution in [0.3, 0.4) is 0 Å². The van der Waals surface area contributed by atoms with Crippen molar-refractivity contribution in [2.75, 3.05) is 0 Å². The molecule has 0 amide bonds. The zero-order chi connectivity index (χ0) is 8.97. The van der Waals surface area contributed by atoms with Crippen molar-refractivity contribution >= 4 is 10.7 Å². The van der Waals surface area contributed by atoms with Crippen LogP contribution in [-0.4, -0.2) is 13.5 Å². The molecule has 3 nitrogen and oxygen atoms in total. The van der Waals surface area contributed by atoms with Crippen molar-refractivity contribution in [2.24, 2.45) is 0 Å². The molecule has 0 bridgehead atoms. The molecule has 4 heteroatoms. The molecule has 1 rings (SSSR count). The third kappa shape index (κ3) is 2.64. The van der Waals surface area contributed by atoms with Crippen LogP contribution in [0.4, 0.5) is 0 Å². The number of hydrogen-bond acceptors (Lipinski definition) is 3. The third-order valence-corrected chi connectivity index (χ3v) is 2.11. The Morgan fingerprint density at radius 2 is 1.92 bits per heavy atom. The fourth-order valence-corrected chi connectivity index (χ4v) is 1.47. The first-order chi connectivity index (χ1) is 5.72. The molecule has 1 aromatic rings. The molecule has 0 saturated carbocycles. The lowest BCUT2D eigenvalue weighted by Gasteiger charge is -1.98. The maximum Gasteiger partial charge on any atom is 0.144 e. The standard InChI is InChI=1S/C8H10O3S/c9-5-7-2-1-3-8(4-7)6-12(10)11/h1-4,9,12H,5-6H2. The SMILES string of the molecule is O=[SH](=O)Cc1cccc(CO)c1. The molecule has 1 N–H and O–H groups in total. The smallest absolute Gasteiger partial charge is 0.144 e. The van der Waals surface area contributed by atoms with E-state index in [1.165, 1.54) is 0 Å². The van der Waals surface area contributed by atoms with Gasteiger partial charge < -0.3 is 5.11 Å². The maximum absolute atomic E-state index is 10.3. The number of thiol groups is 1. The molecule has 0 atom stereocenters. The predicted molar refractivity (Wildman–Crippen MR) is 46.4 cm³/mol. The van der Waals surface area contributed by atoms with E-state index in [0.29, 0.717) is 0 Å². The van der Waals surface area contributed by atoms with E-state index in [2.05, 4.69) is 0 Å². The number of hydrogen-bond donors (Lipinski definition) is 2. The van der Waals surface area contributed by atoms with E-state index in [0.717, 1.165) is 11.1 Å². The van der Waals surface area contributed by atoms with E-state index in [9.17, 15) is 8.42 Å². The molecule has 0 fully saturated rings. The van der Waals surface area contributed by atoms with Crippen LogP contribution < -0.4 is 0 Å². The van der Waals surface area contributed by atoms with Crippen molar-refractivity contribution in [2.45, 2.75) is 12.4 Å². The van der Waals surface area contributed by atoms with Crippen LogP contribution in [0, 0.1) is 0 Å². The fraction of sp³-hybridized carbons (Fsp3) is 0.250. The van der Waals surface area contributed by atoms with Gasteiger partial charge in [-0.2, -0.15) is 0 Å². The summed E-state index contributed by atoms with van der Waals surface area (Å²) in [4.78, 5) is 0. The van der Waals surface area contributed by atoms with Gasteiger partial charge in [-0.25, -0.2) is 8.42 Å². The van der Waals surface area contributed by atoms with Gasteiger partial charge in [-0.05, 0) is 11.1 Å². The maximum atomic E-state index is 10.3. The van der Waals surface area contributed by atoms with Crippen LogP contribution >= 0.6 is 0 Å². The summed E-state index contributed by atoms with van der Waals surface area (Å²) in [5, 5.41) is 8.75. The van der Waals surface area contributed by atoms with Crippen LogP contribution in [0.1, 0.15) is 11.1 Å². The van der Waals surface area contributed by atoms with Gasteiger partial charge in [0.1, 0.15) is 10.7 Å². The van der Waals surface area contributed by atoms with Crippen LogP contribution in [-0.2, 0) is 23.1 Å². The van der Waals surface area contributed by atoms with E-state index in [4.69, 9.17) is 5.11 Å². The minimum atomic E-state index is -2.38. The average Bonchev–Trinajstić information content (AvgIpc) is 2.03. The van der Waals surface area contributed by atoms with Gasteiger partial charge in [0.15, 0.2) is 0 Å². The molecule has 0 aliphatic carbocycles. The van der Waals surface area contributed by atoms with Crippen molar-refractivity contribution < 1.29 is 13.5 Å². The molecule has 66 valence electrons. The van der Waals surface area contributed by atoms with Gasteiger partial charge in [-0.3, -0.25) is 0 Å². The second kappa shape index (κ2) is 4.23. The largest absolute Gasteiger partial charge is 0.392 e. The van der Waals surface area contributed by atoms with Crippen LogP contribution in [0.5, 0.6) is 0 Å². The normalized spacial score (nSPS) is 10.5. The lowest BCUT2D eigenvalue weighted by atomic mass is 10.1. The van der Waals surface area contributed by atoms with Gasteiger partial charge in [0.2, 0.25) is 0 Å². The zero-order valence-corrected chi connectivity index (χ0v) is 7.33. The Kier molecular flexibility index (Phi) is 3.25. The Bertz CT molecular complexity index is 323. The lowest BCUT2D eigenvalue weighted by Crippen LogP contribution is -1.89. The molecule has 0 aliphatic rings. The van der Waals surface area contributed by atoms with Gasteiger partial charge in [0, 0.05) is 0 Å². The van der Waals surface area contributed by atoms with Crippen LogP contribution in [0.25, 0.3) is 0 Å². The van der Waals surface area contributed by atoms with E-state index < -0.39 is 10.7 Å².